The first-order valence-corrected chi connectivity index (χ1v) is 5.62. The van der Waals surface area contributed by atoms with Gasteiger partial charge in [-0.3, -0.25) is 0 Å². The standard InChI is InChI=1S/C13H21NO2/c1-13(2,7-8-15)14-9-11-3-5-12(10-16)6-4-11/h3-6,14-16H,7-10H2,1-2H3. The van der Waals surface area contributed by atoms with Gasteiger partial charge in [0, 0.05) is 18.7 Å². The molecule has 0 aliphatic carbocycles. The second-order valence-corrected chi connectivity index (χ2v) is 4.69. The Morgan fingerprint density at radius 2 is 1.62 bits per heavy atom. The Kier molecular flexibility index (Phi) is 4.93. The Morgan fingerprint density at radius 1 is 1.06 bits per heavy atom. The molecule has 0 atom stereocenters. The number of hydrogen-bond acceptors (Lipinski definition) is 3. The van der Waals surface area contributed by atoms with E-state index in [1.54, 1.807) is 0 Å². The summed E-state index contributed by atoms with van der Waals surface area (Å²) >= 11 is 0. The highest BCUT2D eigenvalue weighted by Crippen LogP contribution is 2.10. The maximum Gasteiger partial charge on any atom is 0.0681 e. The number of hydrogen-bond donors (Lipinski definition) is 3. The van der Waals surface area contributed by atoms with Gasteiger partial charge in [-0.1, -0.05) is 24.3 Å². The van der Waals surface area contributed by atoms with Gasteiger partial charge in [0.1, 0.15) is 0 Å². The molecule has 3 N–H and O–H groups in total. The Bertz CT molecular complexity index is 306. The van der Waals surface area contributed by atoms with Gasteiger partial charge in [0.25, 0.3) is 0 Å². The zero-order valence-electron chi connectivity index (χ0n) is 10.0. The zero-order chi connectivity index (χ0) is 12.0. The van der Waals surface area contributed by atoms with Crippen LogP contribution in [0, 0.1) is 0 Å². The van der Waals surface area contributed by atoms with Crippen molar-refractivity contribution in [2.45, 2.75) is 39.0 Å². The van der Waals surface area contributed by atoms with E-state index in [0.717, 1.165) is 18.5 Å². The van der Waals surface area contributed by atoms with E-state index in [9.17, 15) is 0 Å². The van der Waals surface area contributed by atoms with Crippen LogP contribution in [0.15, 0.2) is 24.3 Å². The van der Waals surface area contributed by atoms with E-state index in [-0.39, 0.29) is 18.8 Å². The van der Waals surface area contributed by atoms with Crippen molar-refractivity contribution < 1.29 is 10.2 Å². The highest BCUT2D eigenvalue weighted by Gasteiger charge is 2.15. The van der Waals surface area contributed by atoms with E-state index >= 15 is 0 Å². The number of nitrogens with one attached hydrogen (secondary N) is 1. The minimum atomic E-state index is -0.0512. The molecule has 1 rings (SSSR count). The normalized spacial score (nSPS) is 11.8. The smallest absolute Gasteiger partial charge is 0.0681 e. The van der Waals surface area contributed by atoms with E-state index in [1.165, 1.54) is 5.56 Å². The first kappa shape index (κ1) is 13.2. The third-order valence-corrected chi connectivity index (χ3v) is 2.71. The fraction of sp³-hybridized carbons (Fsp3) is 0.538. The summed E-state index contributed by atoms with van der Waals surface area (Å²) in [4.78, 5) is 0. The lowest BCUT2D eigenvalue weighted by molar-refractivity contribution is 0.230. The summed E-state index contributed by atoms with van der Waals surface area (Å²) in [6.07, 6.45) is 0.738. The Balaban J connectivity index is 2.48. The SMILES string of the molecule is CC(C)(CCO)NCc1ccc(CO)cc1. The van der Waals surface area contributed by atoms with Crippen LogP contribution in [-0.2, 0) is 13.2 Å². The van der Waals surface area contributed by atoms with Crippen LogP contribution in [0.2, 0.25) is 0 Å². The molecule has 0 heterocycles. The van der Waals surface area contributed by atoms with Crippen molar-refractivity contribution in [2.75, 3.05) is 6.61 Å². The fourth-order valence-corrected chi connectivity index (χ4v) is 1.47. The lowest BCUT2D eigenvalue weighted by Crippen LogP contribution is -2.39. The Hall–Kier alpha value is -0.900. The lowest BCUT2D eigenvalue weighted by atomic mass is 10.0. The fourth-order valence-electron chi connectivity index (χ4n) is 1.47. The number of aliphatic hydroxyl groups is 2. The zero-order valence-corrected chi connectivity index (χ0v) is 10.0. The van der Waals surface area contributed by atoms with Crippen LogP contribution in [0.4, 0.5) is 0 Å². The molecule has 0 bridgehead atoms. The molecule has 0 aliphatic heterocycles. The van der Waals surface area contributed by atoms with E-state index in [0.29, 0.717) is 0 Å². The van der Waals surface area contributed by atoms with Crippen LogP contribution in [0.25, 0.3) is 0 Å². The predicted octanol–water partition coefficient (Wildman–Crippen LogP) is 1.43. The van der Waals surface area contributed by atoms with Gasteiger partial charge in [0.05, 0.1) is 6.61 Å². The van der Waals surface area contributed by atoms with E-state index in [1.807, 2.05) is 24.3 Å². The van der Waals surface area contributed by atoms with Crippen molar-refractivity contribution in [3.05, 3.63) is 35.4 Å². The van der Waals surface area contributed by atoms with Crippen LogP contribution >= 0.6 is 0 Å². The topological polar surface area (TPSA) is 52.5 Å². The summed E-state index contributed by atoms with van der Waals surface area (Å²) < 4.78 is 0. The molecule has 0 unspecified atom stereocenters. The molecular formula is C13H21NO2. The number of rotatable bonds is 6. The summed E-state index contributed by atoms with van der Waals surface area (Å²) in [7, 11) is 0. The van der Waals surface area contributed by atoms with Crippen LogP contribution in [-0.4, -0.2) is 22.4 Å². The van der Waals surface area contributed by atoms with Crippen LogP contribution < -0.4 is 5.32 Å². The molecule has 0 saturated carbocycles. The molecule has 16 heavy (non-hydrogen) atoms. The molecule has 0 amide bonds. The third kappa shape index (κ3) is 4.31. The maximum absolute atomic E-state index is 8.91. The summed E-state index contributed by atoms with van der Waals surface area (Å²) in [5.74, 6) is 0. The molecule has 90 valence electrons. The minimum Gasteiger partial charge on any atom is -0.396 e. The number of aliphatic hydroxyl groups excluding tert-OH is 2. The highest BCUT2D eigenvalue weighted by atomic mass is 16.3. The first-order chi connectivity index (χ1) is 7.57. The molecule has 3 nitrogen and oxygen atoms in total. The van der Waals surface area contributed by atoms with Crippen molar-refractivity contribution in [1.29, 1.82) is 0 Å². The molecule has 1 aromatic rings. The van der Waals surface area contributed by atoms with Crippen LogP contribution in [0.3, 0.4) is 0 Å². The third-order valence-electron chi connectivity index (χ3n) is 2.71. The molecule has 0 aromatic heterocycles. The monoisotopic (exact) mass is 223 g/mol. The number of benzene rings is 1. The average molecular weight is 223 g/mol. The van der Waals surface area contributed by atoms with Crippen molar-refractivity contribution in [3.63, 3.8) is 0 Å². The van der Waals surface area contributed by atoms with Crippen LogP contribution in [0.5, 0.6) is 0 Å². The second kappa shape index (κ2) is 5.99. The molecule has 0 radical (unpaired) electrons. The second-order valence-electron chi connectivity index (χ2n) is 4.69. The quantitative estimate of drug-likeness (QED) is 0.684. The van der Waals surface area contributed by atoms with Crippen molar-refractivity contribution in [2.24, 2.45) is 0 Å². The molecule has 0 fully saturated rings. The van der Waals surface area contributed by atoms with E-state index in [2.05, 4.69) is 19.2 Å². The molecular weight excluding hydrogens is 202 g/mol. The van der Waals surface area contributed by atoms with E-state index < -0.39 is 0 Å². The van der Waals surface area contributed by atoms with Crippen molar-refractivity contribution >= 4 is 0 Å². The summed E-state index contributed by atoms with van der Waals surface area (Å²) in [6, 6.07) is 7.87. The van der Waals surface area contributed by atoms with Gasteiger partial charge in [0.15, 0.2) is 0 Å². The Morgan fingerprint density at radius 3 is 2.12 bits per heavy atom. The van der Waals surface area contributed by atoms with Gasteiger partial charge < -0.3 is 15.5 Å². The average Bonchev–Trinajstić information content (AvgIpc) is 2.27. The van der Waals surface area contributed by atoms with Gasteiger partial charge >= 0.3 is 0 Å². The van der Waals surface area contributed by atoms with Gasteiger partial charge in [-0.25, -0.2) is 0 Å². The summed E-state index contributed by atoms with van der Waals surface area (Å²) in [5, 5.41) is 21.2. The summed E-state index contributed by atoms with van der Waals surface area (Å²) in [5.41, 5.74) is 2.06. The minimum absolute atomic E-state index is 0.0512. The van der Waals surface area contributed by atoms with Gasteiger partial charge in [-0.15, -0.1) is 0 Å². The Labute approximate surface area is 97.1 Å². The predicted molar refractivity (Wildman–Crippen MR) is 65.0 cm³/mol. The van der Waals surface area contributed by atoms with E-state index in [4.69, 9.17) is 10.2 Å². The maximum atomic E-state index is 8.91. The summed E-state index contributed by atoms with van der Waals surface area (Å²) in [6.45, 7) is 5.21. The largest absolute Gasteiger partial charge is 0.396 e. The molecule has 3 heteroatoms. The van der Waals surface area contributed by atoms with Gasteiger partial charge in [0.2, 0.25) is 0 Å². The van der Waals surface area contributed by atoms with Gasteiger partial charge in [-0.2, -0.15) is 0 Å². The molecule has 0 saturated heterocycles. The highest BCUT2D eigenvalue weighted by molar-refractivity contribution is 5.21. The van der Waals surface area contributed by atoms with Gasteiger partial charge in [-0.05, 0) is 31.4 Å². The van der Waals surface area contributed by atoms with Crippen molar-refractivity contribution in [3.8, 4) is 0 Å². The molecule has 0 spiro atoms. The van der Waals surface area contributed by atoms with Crippen LogP contribution in [0.1, 0.15) is 31.4 Å². The first-order valence-electron chi connectivity index (χ1n) is 5.62. The molecule has 0 aliphatic rings. The molecule has 1 aromatic carbocycles. The van der Waals surface area contributed by atoms with Crippen molar-refractivity contribution in [1.82, 2.24) is 5.32 Å². The lowest BCUT2D eigenvalue weighted by Gasteiger charge is -2.25.